The Morgan fingerprint density at radius 2 is 1.12 bits per heavy atom. The maximum atomic E-state index is 13.2. The first-order chi connectivity index (χ1) is 12.4. The van der Waals surface area contributed by atoms with E-state index in [0.717, 1.165) is 0 Å². The molecule has 2 aromatic heterocycles. The van der Waals surface area contributed by atoms with Gasteiger partial charge in [-0.3, -0.25) is 9.59 Å². The van der Waals surface area contributed by atoms with Crippen molar-refractivity contribution < 1.29 is 27.2 Å². The monoisotopic (exact) mass is 356 g/mol. The van der Waals surface area contributed by atoms with Crippen LogP contribution >= 0.6 is 0 Å². The van der Waals surface area contributed by atoms with Gasteiger partial charge in [-0.15, -0.1) is 0 Å². The van der Waals surface area contributed by atoms with E-state index in [4.69, 9.17) is 8.83 Å². The van der Waals surface area contributed by atoms with Crippen molar-refractivity contribution in [2.24, 2.45) is 0 Å². The van der Waals surface area contributed by atoms with Gasteiger partial charge in [0.2, 0.25) is 0 Å². The first-order valence-corrected chi connectivity index (χ1v) is 7.72. The predicted octanol–water partition coefficient (Wildman–Crippen LogP) is 5.55. The predicted molar refractivity (Wildman–Crippen MR) is 92.4 cm³/mol. The van der Waals surface area contributed by atoms with Crippen LogP contribution in [0.1, 0.15) is 34.6 Å². The van der Waals surface area contributed by atoms with E-state index in [0.29, 0.717) is 21.9 Å². The zero-order valence-corrected chi connectivity index (χ0v) is 14.0. The number of rotatable bonds is 2. The third-order valence-electron chi connectivity index (χ3n) is 3.84. The average molecular weight is 356 g/mol. The highest BCUT2D eigenvalue weighted by Crippen LogP contribution is 2.21. The zero-order chi connectivity index (χ0) is 18.8. The molecule has 0 aliphatic heterocycles. The maximum absolute atomic E-state index is 13.2. The number of fused-ring (bicyclic) bond motifs is 2. The summed E-state index contributed by atoms with van der Waals surface area (Å²) in [4.78, 5) is 21.9. The molecule has 4 aromatic rings. The summed E-state index contributed by atoms with van der Waals surface area (Å²) in [7, 11) is 0. The fraction of sp³-hybridized carbons (Fsp3) is 0.100. The molecular formula is C20H14F2O4. The number of hydrogen-bond donors (Lipinski definition) is 0. The molecule has 0 saturated heterocycles. The lowest BCUT2D eigenvalue weighted by Crippen LogP contribution is -1.95. The van der Waals surface area contributed by atoms with E-state index >= 15 is 0 Å². The molecule has 132 valence electrons. The molecule has 0 N–H and O–H groups in total. The minimum atomic E-state index is -0.499. The standard InChI is InChI=1S/2C10H7FO2/c2*1-6(12)8-5-10-7(2-3-13-10)4-9(8)11/h2*2-5H,1H3. The summed E-state index contributed by atoms with van der Waals surface area (Å²) in [5.74, 6) is -1.59. The van der Waals surface area contributed by atoms with Crippen LogP contribution in [-0.2, 0) is 0 Å². The van der Waals surface area contributed by atoms with Crippen molar-refractivity contribution in [3.63, 3.8) is 0 Å². The molecule has 0 radical (unpaired) electrons. The molecule has 0 unspecified atom stereocenters. The van der Waals surface area contributed by atoms with E-state index in [1.807, 2.05) is 0 Å². The van der Waals surface area contributed by atoms with Gasteiger partial charge in [0, 0.05) is 10.8 Å². The molecule has 0 saturated carbocycles. The second-order valence-electron chi connectivity index (χ2n) is 5.69. The molecule has 0 amide bonds. The van der Waals surface area contributed by atoms with Crippen LogP contribution in [0.3, 0.4) is 0 Å². The summed E-state index contributed by atoms with van der Waals surface area (Å²) >= 11 is 0. The number of benzene rings is 2. The number of halogens is 2. The Kier molecular flexibility index (Phi) is 4.67. The van der Waals surface area contributed by atoms with Crippen LogP contribution in [0.5, 0.6) is 0 Å². The Morgan fingerprint density at radius 3 is 1.46 bits per heavy atom. The number of hydrogen-bond acceptors (Lipinski definition) is 4. The molecule has 0 spiro atoms. The van der Waals surface area contributed by atoms with Crippen LogP contribution < -0.4 is 0 Å². The van der Waals surface area contributed by atoms with Crippen LogP contribution in [-0.4, -0.2) is 11.6 Å². The molecule has 6 heteroatoms. The van der Waals surface area contributed by atoms with Crippen molar-refractivity contribution in [3.05, 3.63) is 71.7 Å². The summed E-state index contributed by atoms with van der Waals surface area (Å²) in [6.45, 7) is 2.65. The molecule has 4 rings (SSSR count). The van der Waals surface area contributed by atoms with E-state index in [9.17, 15) is 18.4 Å². The van der Waals surface area contributed by atoms with E-state index in [-0.39, 0.29) is 22.7 Å². The molecule has 0 bridgehead atoms. The number of ketones is 2. The zero-order valence-electron chi connectivity index (χ0n) is 14.0. The third-order valence-corrected chi connectivity index (χ3v) is 3.84. The van der Waals surface area contributed by atoms with E-state index in [1.54, 1.807) is 12.1 Å². The van der Waals surface area contributed by atoms with Crippen molar-refractivity contribution in [2.45, 2.75) is 13.8 Å². The molecule has 2 aromatic carbocycles. The fourth-order valence-corrected chi connectivity index (χ4v) is 2.50. The third kappa shape index (κ3) is 3.39. The minimum absolute atomic E-state index is 0.0717. The highest BCUT2D eigenvalue weighted by molar-refractivity contribution is 5.98. The molecule has 4 nitrogen and oxygen atoms in total. The first kappa shape index (κ1) is 17.5. The second-order valence-corrected chi connectivity index (χ2v) is 5.69. The Hall–Kier alpha value is -3.28. The van der Waals surface area contributed by atoms with E-state index < -0.39 is 11.6 Å². The molecule has 26 heavy (non-hydrogen) atoms. The van der Waals surface area contributed by atoms with Crippen LogP contribution in [0.25, 0.3) is 21.9 Å². The van der Waals surface area contributed by atoms with Crippen molar-refractivity contribution >= 4 is 33.5 Å². The molecule has 0 aliphatic rings. The highest BCUT2D eigenvalue weighted by Gasteiger charge is 2.10. The van der Waals surface area contributed by atoms with Gasteiger partial charge in [0.05, 0.1) is 23.7 Å². The minimum Gasteiger partial charge on any atom is -0.464 e. The summed E-state index contributed by atoms with van der Waals surface area (Å²) in [6.07, 6.45) is 2.93. The number of furan rings is 2. The van der Waals surface area contributed by atoms with Gasteiger partial charge in [-0.25, -0.2) is 8.78 Å². The summed E-state index contributed by atoms with van der Waals surface area (Å²) in [5.41, 5.74) is 1.21. The second kappa shape index (κ2) is 6.92. The van der Waals surface area contributed by atoms with Gasteiger partial charge in [0.25, 0.3) is 0 Å². The van der Waals surface area contributed by atoms with Gasteiger partial charge < -0.3 is 8.83 Å². The Labute approximate surface area is 147 Å². The molecule has 0 aliphatic carbocycles. The van der Waals surface area contributed by atoms with Crippen LogP contribution in [0.4, 0.5) is 8.78 Å². The number of Topliss-reactive ketones (excluding diaryl/α,β-unsaturated/α-hetero) is 2. The molecule has 2 heterocycles. The van der Waals surface area contributed by atoms with Crippen LogP contribution in [0.15, 0.2) is 57.8 Å². The van der Waals surface area contributed by atoms with E-state index in [1.165, 1.54) is 50.6 Å². The van der Waals surface area contributed by atoms with E-state index in [2.05, 4.69) is 0 Å². The van der Waals surface area contributed by atoms with Crippen molar-refractivity contribution in [1.29, 1.82) is 0 Å². The Balaban J connectivity index is 0.000000151. The average Bonchev–Trinajstić information content (AvgIpc) is 3.21. The summed E-state index contributed by atoms with van der Waals surface area (Å²) in [6, 6.07) is 8.76. The Bertz CT molecular complexity index is 1030. The summed E-state index contributed by atoms with van der Waals surface area (Å²) in [5, 5.41) is 1.34. The van der Waals surface area contributed by atoms with Crippen molar-refractivity contribution in [3.8, 4) is 0 Å². The van der Waals surface area contributed by atoms with Gasteiger partial charge in [-0.1, -0.05) is 0 Å². The molecule has 0 fully saturated rings. The number of carbonyl (C=O) groups is 2. The van der Waals surface area contributed by atoms with Gasteiger partial charge >= 0.3 is 0 Å². The maximum Gasteiger partial charge on any atom is 0.162 e. The molecule has 0 atom stereocenters. The SMILES string of the molecule is CC(=O)c1cc2occc2cc1F.CC(=O)c1cc2occc2cc1F. The summed E-state index contributed by atoms with van der Waals surface area (Å²) < 4.78 is 36.5. The lowest BCUT2D eigenvalue weighted by atomic mass is 10.1. The highest BCUT2D eigenvalue weighted by atomic mass is 19.1. The lowest BCUT2D eigenvalue weighted by molar-refractivity contribution is 0.100. The van der Waals surface area contributed by atoms with Crippen LogP contribution in [0.2, 0.25) is 0 Å². The smallest absolute Gasteiger partial charge is 0.162 e. The first-order valence-electron chi connectivity index (χ1n) is 7.72. The Morgan fingerprint density at radius 1 is 0.731 bits per heavy atom. The van der Waals surface area contributed by atoms with Crippen molar-refractivity contribution in [1.82, 2.24) is 0 Å². The van der Waals surface area contributed by atoms with Gasteiger partial charge in [0.15, 0.2) is 11.6 Å². The van der Waals surface area contributed by atoms with Gasteiger partial charge in [-0.05, 0) is 50.2 Å². The molecular weight excluding hydrogens is 342 g/mol. The van der Waals surface area contributed by atoms with Crippen molar-refractivity contribution in [2.75, 3.05) is 0 Å². The van der Waals surface area contributed by atoms with Gasteiger partial charge in [-0.2, -0.15) is 0 Å². The van der Waals surface area contributed by atoms with Gasteiger partial charge in [0.1, 0.15) is 22.8 Å². The topological polar surface area (TPSA) is 60.4 Å². The largest absolute Gasteiger partial charge is 0.464 e. The lowest BCUT2D eigenvalue weighted by Gasteiger charge is -1.97. The fourth-order valence-electron chi connectivity index (χ4n) is 2.50. The normalized spacial score (nSPS) is 10.6. The van der Waals surface area contributed by atoms with Crippen LogP contribution in [0, 0.1) is 11.6 Å². The number of carbonyl (C=O) groups excluding carboxylic acids is 2. The quantitative estimate of drug-likeness (QED) is 0.442.